The standard InChI is InChI=1S/C12H16ClNO3/c1-7-4-11(17-3)8(5-9(7)13)12(16)10(15)6-14-2/h4-5,10,14-15H,6H2,1-3H3. The summed E-state index contributed by atoms with van der Waals surface area (Å²) in [6.45, 7) is 2.01. The van der Waals surface area contributed by atoms with Crippen molar-refractivity contribution in [3.63, 3.8) is 0 Å². The van der Waals surface area contributed by atoms with E-state index in [0.29, 0.717) is 16.3 Å². The molecule has 0 fully saturated rings. The van der Waals surface area contributed by atoms with E-state index in [1.54, 1.807) is 13.1 Å². The number of rotatable bonds is 5. The maximum absolute atomic E-state index is 11.9. The van der Waals surface area contributed by atoms with E-state index in [2.05, 4.69) is 5.32 Å². The average molecular weight is 258 g/mol. The van der Waals surface area contributed by atoms with Crippen LogP contribution in [0.5, 0.6) is 5.75 Å². The Balaban J connectivity index is 3.12. The molecule has 0 aliphatic carbocycles. The summed E-state index contributed by atoms with van der Waals surface area (Å²) in [5.74, 6) is 0.0187. The highest BCUT2D eigenvalue weighted by Gasteiger charge is 2.21. The largest absolute Gasteiger partial charge is 0.496 e. The number of halogens is 1. The number of hydrogen-bond acceptors (Lipinski definition) is 4. The van der Waals surface area contributed by atoms with Gasteiger partial charge >= 0.3 is 0 Å². The van der Waals surface area contributed by atoms with Gasteiger partial charge in [0, 0.05) is 11.6 Å². The van der Waals surface area contributed by atoms with Crippen molar-refractivity contribution in [1.29, 1.82) is 0 Å². The Morgan fingerprint density at radius 2 is 2.24 bits per heavy atom. The van der Waals surface area contributed by atoms with E-state index in [0.717, 1.165) is 5.56 Å². The first-order chi connectivity index (χ1) is 8.01. The highest BCUT2D eigenvalue weighted by atomic mass is 35.5. The van der Waals surface area contributed by atoms with Crippen LogP contribution < -0.4 is 10.1 Å². The second kappa shape index (κ2) is 6.00. The van der Waals surface area contributed by atoms with Crippen molar-refractivity contribution in [2.24, 2.45) is 0 Å². The first-order valence-corrected chi connectivity index (χ1v) is 5.60. The molecule has 0 saturated heterocycles. The smallest absolute Gasteiger partial charge is 0.196 e. The third kappa shape index (κ3) is 3.19. The summed E-state index contributed by atoms with van der Waals surface area (Å²) < 4.78 is 5.12. The number of ketones is 1. The fourth-order valence-electron chi connectivity index (χ4n) is 1.48. The number of carbonyl (C=O) groups excluding carboxylic acids is 1. The van der Waals surface area contributed by atoms with Crippen LogP contribution in [0.25, 0.3) is 0 Å². The summed E-state index contributed by atoms with van der Waals surface area (Å²) in [5, 5.41) is 12.9. The average Bonchev–Trinajstić information content (AvgIpc) is 2.31. The van der Waals surface area contributed by atoms with Crippen molar-refractivity contribution in [3.05, 3.63) is 28.3 Å². The van der Waals surface area contributed by atoms with Crippen LogP contribution in [0.1, 0.15) is 15.9 Å². The summed E-state index contributed by atoms with van der Waals surface area (Å²) in [6.07, 6.45) is -1.10. The van der Waals surface area contributed by atoms with Crippen molar-refractivity contribution in [2.45, 2.75) is 13.0 Å². The second-order valence-corrected chi connectivity index (χ2v) is 4.15. The number of benzene rings is 1. The van der Waals surface area contributed by atoms with E-state index in [1.807, 2.05) is 6.92 Å². The monoisotopic (exact) mass is 257 g/mol. The third-order valence-electron chi connectivity index (χ3n) is 2.45. The number of nitrogens with one attached hydrogen (secondary N) is 1. The van der Waals surface area contributed by atoms with Crippen LogP contribution in [0.4, 0.5) is 0 Å². The van der Waals surface area contributed by atoms with E-state index in [4.69, 9.17) is 16.3 Å². The molecule has 4 nitrogen and oxygen atoms in total. The van der Waals surface area contributed by atoms with Gasteiger partial charge < -0.3 is 15.2 Å². The molecule has 1 rings (SSSR count). The minimum atomic E-state index is -1.10. The first-order valence-electron chi connectivity index (χ1n) is 5.22. The van der Waals surface area contributed by atoms with Crippen LogP contribution in [0.15, 0.2) is 12.1 Å². The molecule has 1 atom stereocenters. The van der Waals surface area contributed by atoms with Crippen LogP contribution in [-0.2, 0) is 0 Å². The van der Waals surface area contributed by atoms with E-state index >= 15 is 0 Å². The molecule has 0 saturated carbocycles. The van der Waals surface area contributed by atoms with Gasteiger partial charge in [-0.3, -0.25) is 4.79 Å². The number of aliphatic hydroxyl groups excluding tert-OH is 1. The number of aryl methyl sites for hydroxylation is 1. The van der Waals surface area contributed by atoms with Gasteiger partial charge in [0.15, 0.2) is 5.78 Å². The molecule has 2 N–H and O–H groups in total. The summed E-state index contributed by atoms with van der Waals surface area (Å²) in [4.78, 5) is 11.9. The molecule has 0 amide bonds. The highest BCUT2D eigenvalue weighted by molar-refractivity contribution is 6.31. The molecule has 1 aromatic carbocycles. The molecular formula is C12H16ClNO3. The number of likely N-dealkylation sites (N-methyl/N-ethyl adjacent to an activating group) is 1. The molecule has 0 radical (unpaired) electrons. The van der Waals surface area contributed by atoms with Gasteiger partial charge in [-0.05, 0) is 31.7 Å². The molecule has 1 aromatic rings. The van der Waals surface area contributed by atoms with Gasteiger partial charge in [-0.2, -0.15) is 0 Å². The summed E-state index contributed by atoms with van der Waals surface area (Å²) in [5.41, 5.74) is 1.12. The molecule has 0 heterocycles. The quantitative estimate of drug-likeness (QED) is 0.784. The normalized spacial score (nSPS) is 12.3. The van der Waals surface area contributed by atoms with Crippen LogP contribution >= 0.6 is 11.6 Å². The van der Waals surface area contributed by atoms with E-state index in [1.165, 1.54) is 13.2 Å². The molecule has 5 heteroatoms. The molecule has 0 aliphatic rings. The second-order valence-electron chi connectivity index (χ2n) is 3.74. The molecule has 17 heavy (non-hydrogen) atoms. The summed E-state index contributed by atoms with van der Waals surface area (Å²) in [6, 6.07) is 3.21. The molecule has 0 spiro atoms. The number of hydrogen-bond donors (Lipinski definition) is 2. The van der Waals surface area contributed by atoms with Gasteiger partial charge in [0.1, 0.15) is 11.9 Å². The number of methoxy groups -OCH3 is 1. The molecule has 0 bridgehead atoms. The minimum Gasteiger partial charge on any atom is -0.496 e. The number of ether oxygens (including phenoxy) is 1. The van der Waals surface area contributed by atoms with Gasteiger partial charge in [0.25, 0.3) is 0 Å². The van der Waals surface area contributed by atoms with Crippen molar-refractivity contribution in [3.8, 4) is 5.75 Å². The van der Waals surface area contributed by atoms with E-state index in [9.17, 15) is 9.90 Å². The predicted octanol–water partition coefficient (Wildman–Crippen LogP) is 1.42. The zero-order chi connectivity index (χ0) is 13.0. The number of carbonyl (C=O) groups is 1. The summed E-state index contributed by atoms with van der Waals surface area (Å²) in [7, 11) is 3.14. The Morgan fingerprint density at radius 1 is 1.59 bits per heavy atom. The zero-order valence-corrected chi connectivity index (χ0v) is 10.8. The van der Waals surface area contributed by atoms with Crippen molar-refractivity contribution in [2.75, 3.05) is 20.7 Å². The molecular weight excluding hydrogens is 242 g/mol. The topological polar surface area (TPSA) is 58.6 Å². The Labute approximate surface area is 106 Å². The van der Waals surface area contributed by atoms with E-state index < -0.39 is 11.9 Å². The van der Waals surface area contributed by atoms with Gasteiger partial charge in [0.2, 0.25) is 0 Å². The van der Waals surface area contributed by atoms with E-state index in [-0.39, 0.29) is 6.54 Å². The van der Waals surface area contributed by atoms with Gasteiger partial charge in [-0.1, -0.05) is 11.6 Å². The van der Waals surface area contributed by atoms with Gasteiger partial charge in [-0.15, -0.1) is 0 Å². The Morgan fingerprint density at radius 3 is 2.76 bits per heavy atom. The molecule has 0 aromatic heterocycles. The summed E-state index contributed by atoms with van der Waals surface area (Å²) >= 11 is 5.96. The Hall–Kier alpha value is -1.10. The van der Waals surface area contributed by atoms with Gasteiger partial charge in [-0.25, -0.2) is 0 Å². The van der Waals surface area contributed by atoms with Crippen molar-refractivity contribution >= 4 is 17.4 Å². The molecule has 0 aliphatic heterocycles. The first kappa shape index (κ1) is 14.0. The lowest BCUT2D eigenvalue weighted by Crippen LogP contribution is -2.31. The maximum atomic E-state index is 11.9. The van der Waals surface area contributed by atoms with Crippen LogP contribution in [-0.4, -0.2) is 37.7 Å². The highest BCUT2D eigenvalue weighted by Crippen LogP contribution is 2.27. The molecule has 94 valence electrons. The fourth-order valence-corrected chi connectivity index (χ4v) is 1.65. The van der Waals surface area contributed by atoms with Crippen molar-refractivity contribution in [1.82, 2.24) is 5.32 Å². The third-order valence-corrected chi connectivity index (χ3v) is 2.85. The zero-order valence-electron chi connectivity index (χ0n) is 10.1. The maximum Gasteiger partial charge on any atom is 0.196 e. The number of Topliss-reactive ketones (excluding diaryl/α,β-unsaturated/α-hetero) is 1. The van der Waals surface area contributed by atoms with Crippen LogP contribution in [0.3, 0.4) is 0 Å². The fraction of sp³-hybridized carbons (Fsp3) is 0.417. The lowest BCUT2D eigenvalue weighted by molar-refractivity contribution is 0.0747. The Kier molecular flexibility index (Phi) is 4.93. The van der Waals surface area contributed by atoms with Crippen LogP contribution in [0, 0.1) is 6.92 Å². The van der Waals surface area contributed by atoms with Gasteiger partial charge in [0.05, 0.1) is 12.7 Å². The predicted molar refractivity (Wildman–Crippen MR) is 67.0 cm³/mol. The molecule has 1 unspecified atom stereocenters. The van der Waals surface area contributed by atoms with Crippen molar-refractivity contribution < 1.29 is 14.6 Å². The lowest BCUT2D eigenvalue weighted by atomic mass is 10.0. The SMILES string of the molecule is CNCC(O)C(=O)c1cc(Cl)c(C)cc1OC. The van der Waals surface area contributed by atoms with Crippen LogP contribution in [0.2, 0.25) is 5.02 Å². The lowest BCUT2D eigenvalue weighted by Gasteiger charge is -2.13. The number of aliphatic hydroxyl groups is 1. The Bertz CT molecular complexity index is 420. The minimum absolute atomic E-state index is 0.188.